The molecule has 1 atom stereocenters. The molecule has 0 saturated carbocycles. The Bertz CT molecular complexity index is 825. The van der Waals surface area contributed by atoms with Crippen LogP contribution in [-0.2, 0) is 10.9 Å². The Kier molecular flexibility index (Phi) is 5.19. The number of hydrogen-bond donors (Lipinski definition) is 1. The van der Waals surface area contributed by atoms with Crippen molar-refractivity contribution in [3.63, 3.8) is 0 Å². The molecule has 6 nitrogen and oxygen atoms in total. The third-order valence-electron chi connectivity index (χ3n) is 5.42. The standard InChI is InChI=1S/C18H20F3N5OS/c19-18(20,21)16-12(2-1-5-23-16)28-15-9-24-14(8-25-15)26-6-3-17(4-7-26)11-27-10-13(17)22/h1-2,5,8-9,13H,3-4,6-7,10-11,22H2/t13-/m1/s1. The maximum absolute atomic E-state index is 13.1. The second-order valence-electron chi connectivity index (χ2n) is 7.13. The van der Waals surface area contributed by atoms with E-state index in [-0.39, 0.29) is 16.4 Å². The highest BCUT2D eigenvalue weighted by Crippen LogP contribution is 2.40. The molecule has 150 valence electrons. The summed E-state index contributed by atoms with van der Waals surface area (Å²) in [5.74, 6) is 0.717. The first-order valence-corrected chi connectivity index (χ1v) is 9.79. The lowest BCUT2D eigenvalue weighted by atomic mass is 9.75. The zero-order valence-electron chi connectivity index (χ0n) is 15.0. The van der Waals surface area contributed by atoms with E-state index in [0.717, 1.165) is 43.9 Å². The number of halogens is 3. The van der Waals surface area contributed by atoms with E-state index in [2.05, 4.69) is 19.9 Å². The normalized spacial score (nSPS) is 22.0. The zero-order valence-corrected chi connectivity index (χ0v) is 15.8. The molecule has 4 heterocycles. The largest absolute Gasteiger partial charge is 0.434 e. The number of ether oxygens (including phenoxy) is 1. The van der Waals surface area contributed by atoms with E-state index in [9.17, 15) is 13.2 Å². The van der Waals surface area contributed by atoms with Crippen LogP contribution in [-0.4, -0.2) is 47.3 Å². The van der Waals surface area contributed by atoms with Gasteiger partial charge in [-0.05, 0) is 25.0 Å². The van der Waals surface area contributed by atoms with Crippen molar-refractivity contribution in [1.29, 1.82) is 0 Å². The van der Waals surface area contributed by atoms with Crippen LogP contribution >= 0.6 is 11.8 Å². The van der Waals surface area contributed by atoms with Gasteiger partial charge in [0.05, 0.1) is 25.6 Å². The van der Waals surface area contributed by atoms with Crippen molar-refractivity contribution in [2.45, 2.75) is 35.0 Å². The van der Waals surface area contributed by atoms with Crippen molar-refractivity contribution in [1.82, 2.24) is 15.0 Å². The molecule has 0 unspecified atom stereocenters. The van der Waals surface area contributed by atoms with Gasteiger partial charge in [0.1, 0.15) is 10.8 Å². The molecule has 10 heteroatoms. The molecule has 0 radical (unpaired) electrons. The lowest BCUT2D eigenvalue weighted by Crippen LogP contribution is -2.49. The highest BCUT2D eigenvalue weighted by atomic mass is 32.2. The molecule has 4 rings (SSSR count). The van der Waals surface area contributed by atoms with Crippen LogP contribution in [0.25, 0.3) is 0 Å². The molecule has 0 aliphatic carbocycles. The Balaban J connectivity index is 1.43. The SMILES string of the molecule is N[C@@H]1COCC12CCN(c1cnc(Sc3cccnc3C(F)(F)F)cn1)CC2. The molecule has 2 aromatic heterocycles. The fraction of sp³-hybridized carbons (Fsp3) is 0.500. The van der Waals surface area contributed by atoms with Crippen molar-refractivity contribution in [3.8, 4) is 0 Å². The Hall–Kier alpha value is -1.91. The Morgan fingerprint density at radius 1 is 1.18 bits per heavy atom. The van der Waals surface area contributed by atoms with Gasteiger partial charge >= 0.3 is 6.18 Å². The smallest absolute Gasteiger partial charge is 0.379 e. The average Bonchev–Trinajstić information content (AvgIpc) is 3.03. The van der Waals surface area contributed by atoms with E-state index >= 15 is 0 Å². The first kappa shape index (κ1) is 19.4. The van der Waals surface area contributed by atoms with Gasteiger partial charge in [-0.25, -0.2) is 9.97 Å². The number of alkyl halides is 3. The van der Waals surface area contributed by atoms with Crippen molar-refractivity contribution < 1.29 is 17.9 Å². The fourth-order valence-electron chi connectivity index (χ4n) is 3.69. The lowest BCUT2D eigenvalue weighted by Gasteiger charge is -2.41. The van der Waals surface area contributed by atoms with Gasteiger partial charge in [-0.1, -0.05) is 11.8 Å². The van der Waals surface area contributed by atoms with Crippen molar-refractivity contribution >= 4 is 17.6 Å². The monoisotopic (exact) mass is 411 g/mol. The van der Waals surface area contributed by atoms with E-state index in [0.29, 0.717) is 24.1 Å². The molecule has 0 aromatic carbocycles. The molecule has 2 aliphatic rings. The number of pyridine rings is 1. The van der Waals surface area contributed by atoms with Crippen LogP contribution in [0.15, 0.2) is 40.6 Å². The Morgan fingerprint density at radius 3 is 2.57 bits per heavy atom. The Morgan fingerprint density at radius 2 is 1.96 bits per heavy atom. The molecule has 1 spiro atoms. The predicted octanol–water partition coefficient (Wildman–Crippen LogP) is 2.99. The van der Waals surface area contributed by atoms with E-state index < -0.39 is 11.9 Å². The van der Waals surface area contributed by atoms with Gasteiger partial charge in [-0.15, -0.1) is 0 Å². The number of nitrogens with two attached hydrogens (primary N) is 1. The molecular formula is C18H20F3N5OS. The molecule has 2 aromatic rings. The third-order valence-corrected chi connectivity index (χ3v) is 6.39. The van der Waals surface area contributed by atoms with Crippen molar-refractivity contribution in [2.75, 3.05) is 31.2 Å². The van der Waals surface area contributed by atoms with E-state index in [4.69, 9.17) is 10.5 Å². The summed E-state index contributed by atoms with van der Waals surface area (Å²) in [6, 6.07) is 2.93. The first-order valence-electron chi connectivity index (χ1n) is 8.98. The van der Waals surface area contributed by atoms with E-state index in [1.165, 1.54) is 18.3 Å². The zero-order chi connectivity index (χ0) is 19.8. The van der Waals surface area contributed by atoms with E-state index in [1.54, 1.807) is 6.20 Å². The minimum atomic E-state index is -4.51. The van der Waals surface area contributed by atoms with E-state index in [1.807, 2.05) is 0 Å². The van der Waals surface area contributed by atoms with Crippen LogP contribution in [0.5, 0.6) is 0 Å². The molecule has 0 bridgehead atoms. The van der Waals surface area contributed by atoms with Gasteiger partial charge in [0, 0.05) is 35.6 Å². The van der Waals surface area contributed by atoms with Crippen LogP contribution in [0.1, 0.15) is 18.5 Å². The predicted molar refractivity (Wildman–Crippen MR) is 98.1 cm³/mol. The molecule has 28 heavy (non-hydrogen) atoms. The van der Waals surface area contributed by atoms with Gasteiger partial charge in [0.2, 0.25) is 0 Å². The molecule has 2 aliphatic heterocycles. The first-order chi connectivity index (χ1) is 13.4. The topological polar surface area (TPSA) is 77.2 Å². The highest BCUT2D eigenvalue weighted by molar-refractivity contribution is 7.99. The number of piperidine rings is 1. The summed E-state index contributed by atoms with van der Waals surface area (Å²) >= 11 is 0.904. The summed E-state index contributed by atoms with van der Waals surface area (Å²) in [5, 5.41) is 0.391. The van der Waals surface area contributed by atoms with Crippen LogP contribution < -0.4 is 10.6 Å². The maximum atomic E-state index is 13.1. The van der Waals surface area contributed by atoms with Crippen LogP contribution in [0.2, 0.25) is 0 Å². The number of nitrogens with zero attached hydrogens (tertiary/aromatic N) is 4. The summed E-state index contributed by atoms with van der Waals surface area (Å²) in [4.78, 5) is 14.3. The maximum Gasteiger partial charge on any atom is 0.434 e. The second kappa shape index (κ2) is 7.49. The summed E-state index contributed by atoms with van der Waals surface area (Å²) < 4.78 is 44.8. The van der Waals surface area contributed by atoms with Crippen molar-refractivity contribution in [2.24, 2.45) is 11.1 Å². The highest BCUT2D eigenvalue weighted by Gasteiger charge is 2.44. The summed E-state index contributed by atoms with van der Waals surface area (Å²) in [7, 11) is 0. The Labute approximate surface area is 164 Å². The molecule has 0 amide bonds. The van der Waals surface area contributed by atoms with Crippen LogP contribution in [0.4, 0.5) is 19.0 Å². The molecule has 2 N–H and O–H groups in total. The molecule has 2 fully saturated rings. The fourth-order valence-corrected chi connectivity index (χ4v) is 4.54. The number of hydrogen-bond acceptors (Lipinski definition) is 7. The average molecular weight is 411 g/mol. The van der Waals surface area contributed by atoms with Gasteiger partial charge in [0.15, 0.2) is 5.69 Å². The molecule has 2 saturated heterocycles. The van der Waals surface area contributed by atoms with Gasteiger partial charge in [-0.3, -0.25) is 4.98 Å². The molecular weight excluding hydrogens is 391 g/mol. The quantitative estimate of drug-likeness (QED) is 0.832. The van der Waals surface area contributed by atoms with Gasteiger partial charge in [0.25, 0.3) is 0 Å². The summed E-state index contributed by atoms with van der Waals surface area (Å²) in [6.07, 6.45) is 1.59. The lowest BCUT2D eigenvalue weighted by molar-refractivity contribution is -0.143. The minimum Gasteiger partial charge on any atom is -0.379 e. The van der Waals surface area contributed by atoms with Crippen molar-refractivity contribution in [3.05, 3.63) is 36.4 Å². The minimum absolute atomic E-state index is 0.00665. The number of rotatable bonds is 3. The van der Waals surface area contributed by atoms with Crippen LogP contribution in [0, 0.1) is 5.41 Å². The number of aromatic nitrogens is 3. The second-order valence-corrected chi connectivity index (χ2v) is 8.20. The number of anilines is 1. The van der Waals surface area contributed by atoms with Crippen LogP contribution in [0.3, 0.4) is 0 Å². The van der Waals surface area contributed by atoms with Gasteiger partial charge < -0.3 is 15.4 Å². The summed E-state index contributed by atoms with van der Waals surface area (Å²) in [5.41, 5.74) is 5.34. The van der Waals surface area contributed by atoms with Gasteiger partial charge in [-0.2, -0.15) is 13.2 Å². The summed E-state index contributed by atoms with van der Waals surface area (Å²) in [6.45, 7) is 2.92. The third kappa shape index (κ3) is 3.81.